The van der Waals surface area contributed by atoms with E-state index in [-0.39, 0.29) is 12.5 Å². The van der Waals surface area contributed by atoms with Crippen molar-refractivity contribution in [2.24, 2.45) is 0 Å². The van der Waals surface area contributed by atoms with Gasteiger partial charge in [0.2, 0.25) is 0 Å². The van der Waals surface area contributed by atoms with Crippen LogP contribution in [0.15, 0.2) is 12.1 Å². The van der Waals surface area contributed by atoms with E-state index < -0.39 is 12.1 Å². The van der Waals surface area contributed by atoms with Crippen LogP contribution in [0.1, 0.15) is 21.5 Å². The number of thiophene rings is 1. The molecule has 0 saturated heterocycles. The highest BCUT2D eigenvalue weighted by atomic mass is 32.1. The van der Waals surface area contributed by atoms with Gasteiger partial charge in [-0.1, -0.05) is 6.92 Å². The first-order chi connectivity index (χ1) is 7.54. The highest BCUT2D eigenvalue weighted by Crippen LogP contribution is 2.16. The number of carboxylic acid groups (broad SMARTS) is 1. The van der Waals surface area contributed by atoms with Crippen molar-refractivity contribution in [1.29, 1.82) is 0 Å². The van der Waals surface area contributed by atoms with Gasteiger partial charge in [-0.2, -0.15) is 0 Å². The molecule has 3 N–H and O–H groups in total. The number of aliphatic carboxylic acids is 1. The van der Waals surface area contributed by atoms with Crippen LogP contribution in [0.3, 0.4) is 0 Å². The third-order valence-electron chi connectivity index (χ3n) is 1.97. The summed E-state index contributed by atoms with van der Waals surface area (Å²) in [7, 11) is 0. The molecule has 1 aromatic rings. The fourth-order valence-electron chi connectivity index (χ4n) is 1.05. The molecule has 1 amide bonds. The molecule has 0 radical (unpaired) electrons. The van der Waals surface area contributed by atoms with Crippen molar-refractivity contribution >= 4 is 23.2 Å². The number of aryl methyl sites for hydroxylation is 1. The Hall–Kier alpha value is -1.40. The van der Waals surface area contributed by atoms with Crippen LogP contribution in [-0.4, -0.2) is 34.7 Å². The highest BCUT2D eigenvalue weighted by molar-refractivity contribution is 7.14. The van der Waals surface area contributed by atoms with Crippen molar-refractivity contribution in [2.45, 2.75) is 19.4 Å². The monoisotopic (exact) mass is 243 g/mol. The van der Waals surface area contributed by atoms with Crippen molar-refractivity contribution in [2.75, 3.05) is 6.54 Å². The number of hydrogen-bond donors (Lipinski definition) is 3. The van der Waals surface area contributed by atoms with E-state index in [1.54, 1.807) is 6.07 Å². The van der Waals surface area contributed by atoms with Gasteiger partial charge in [0.25, 0.3) is 5.91 Å². The molecule has 1 aromatic heterocycles. The number of carbonyl (C=O) groups is 2. The van der Waals surface area contributed by atoms with Crippen LogP contribution < -0.4 is 5.32 Å². The van der Waals surface area contributed by atoms with Crippen LogP contribution in [0, 0.1) is 0 Å². The number of aliphatic hydroxyl groups excluding tert-OH is 1. The van der Waals surface area contributed by atoms with Gasteiger partial charge in [0, 0.05) is 4.88 Å². The Labute approximate surface area is 96.7 Å². The third-order valence-corrected chi connectivity index (χ3v) is 3.20. The van der Waals surface area contributed by atoms with Gasteiger partial charge in [0.15, 0.2) is 6.10 Å². The topological polar surface area (TPSA) is 86.6 Å². The standard InChI is InChI=1S/C10H13NO4S/c1-2-6-3-4-8(16-6)9(13)11-5-7(12)10(14)15/h3-4,7,12H,2,5H2,1H3,(H,11,13)(H,14,15). The van der Waals surface area contributed by atoms with Crippen molar-refractivity contribution in [3.8, 4) is 0 Å². The summed E-state index contributed by atoms with van der Waals surface area (Å²) in [6.45, 7) is 1.70. The fraction of sp³-hybridized carbons (Fsp3) is 0.400. The molecular weight excluding hydrogens is 230 g/mol. The number of rotatable bonds is 5. The van der Waals surface area contributed by atoms with Crippen LogP contribution in [-0.2, 0) is 11.2 Å². The molecular formula is C10H13NO4S. The molecule has 0 aliphatic rings. The minimum absolute atomic E-state index is 0.284. The Bertz CT molecular complexity index is 388. The summed E-state index contributed by atoms with van der Waals surface area (Å²) < 4.78 is 0. The fourth-order valence-corrected chi connectivity index (χ4v) is 1.92. The number of hydrogen-bond acceptors (Lipinski definition) is 4. The molecule has 0 aliphatic carbocycles. The van der Waals surface area contributed by atoms with Gasteiger partial charge >= 0.3 is 5.97 Å². The van der Waals surface area contributed by atoms with Gasteiger partial charge in [0.1, 0.15) is 0 Å². The second-order valence-electron chi connectivity index (χ2n) is 3.18. The van der Waals surface area contributed by atoms with Crippen molar-refractivity contribution in [1.82, 2.24) is 5.32 Å². The first-order valence-corrected chi connectivity index (χ1v) is 5.64. The highest BCUT2D eigenvalue weighted by Gasteiger charge is 2.15. The number of aliphatic hydroxyl groups is 1. The first kappa shape index (κ1) is 12.7. The van der Waals surface area contributed by atoms with Crippen LogP contribution in [0.5, 0.6) is 0 Å². The van der Waals surface area contributed by atoms with Crippen LogP contribution in [0.2, 0.25) is 0 Å². The summed E-state index contributed by atoms with van der Waals surface area (Å²) in [5.41, 5.74) is 0. The number of nitrogens with one attached hydrogen (secondary N) is 1. The predicted octanol–water partition coefficient (Wildman–Crippen LogP) is 0.486. The maximum absolute atomic E-state index is 11.5. The molecule has 0 spiro atoms. The SMILES string of the molecule is CCc1ccc(C(=O)NCC(O)C(=O)O)s1. The summed E-state index contributed by atoms with van der Waals surface area (Å²) in [6.07, 6.45) is -0.704. The quantitative estimate of drug-likeness (QED) is 0.702. The lowest BCUT2D eigenvalue weighted by Gasteiger charge is -2.06. The molecule has 1 heterocycles. The molecule has 16 heavy (non-hydrogen) atoms. The smallest absolute Gasteiger partial charge is 0.334 e. The zero-order chi connectivity index (χ0) is 12.1. The number of carbonyl (C=O) groups excluding carboxylic acids is 1. The summed E-state index contributed by atoms with van der Waals surface area (Å²) in [5.74, 6) is -1.70. The molecule has 6 heteroatoms. The van der Waals surface area contributed by atoms with E-state index in [4.69, 9.17) is 10.2 Å². The summed E-state index contributed by atoms with van der Waals surface area (Å²) in [5, 5.41) is 19.7. The Morgan fingerprint density at radius 2 is 2.19 bits per heavy atom. The van der Waals surface area contributed by atoms with E-state index in [0.29, 0.717) is 4.88 Å². The molecule has 0 aromatic carbocycles. The van der Waals surface area contributed by atoms with E-state index in [9.17, 15) is 9.59 Å². The van der Waals surface area contributed by atoms with E-state index in [0.717, 1.165) is 11.3 Å². The lowest BCUT2D eigenvalue weighted by atomic mass is 10.3. The zero-order valence-electron chi connectivity index (χ0n) is 8.77. The predicted molar refractivity (Wildman–Crippen MR) is 59.7 cm³/mol. The van der Waals surface area contributed by atoms with Crippen molar-refractivity contribution in [3.05, 3.63) is 21.9 Å². The van der Waals surface area contributed by atoms with Gasteiger partial charge in [-0.3, -0.25) is 4.79 Å². The van der Waals surface area contributed by atoms with Crippen LogP contribution in [0.4, 0.5) is 0 Å². The summed E-state index contributed by atoms with van der Waals surface area (Å²) in [6, 6.07) is 3.54. The zero-order valence-corrected chi connectivity index (χ0v) is 9.58. The van der Waals surface area contributed by atoms with E-state index in [2.05, 4.69) is 5.32 Å². The Morgan fingerprint density at radius 3 is 2.69 bits per heavy atom. The van der Waals surface area contributed by atoms with E-state index in [1.807, 2.05) is 13.0 Å². The number of amides is 1. The molecule has 88 valence electrons. The van der Waals surface area contributed by atoms with Crippen LogP contribution >= 0.6 is 11.3 Å². The second-order valence-corrected chi connectivity index (χ2v) is 4.35. The van der Waals surface area contributed by atoms with Crippen molar-refractivity contribution in [3.63, 3.8) is 0 Å². The molecule has 5 nitrogen and oxygen atoms in total. The Kier molecular flexibility index (Phi) is 4.45. The molecule has 1 atom stereocenters. The molecule has 0 saturated carbocycles. The lowest BCUT2D eigenvalue weighted by Crippen LogP contribution is -2.36. The third kappa shape index (κ3) is 3.32. The molecule has 1 unspecified atom stereocenters. The van der Waals surface area contributed by atoms with Gasteiger partial charge in [-0.15, -0.1) is 11.3 Å². The maximum atomic E-state index is 11.5. The van der Waals surface area contributed by atoms with Gasteiger partial charge in [0.05, 0.1) is 11.4 Å². The van der Waals surface area contributed by atoms with Gasteiger partial charge in [-0.25, -0.2) is 4.79 Å². The molecule has 1 rings (SSSR count). The average molecular weight is 243 g/mol. The molecule has 0 bridgehead atoms. The first-order valence-electron chi connectivity index (χ1n) is 4.82. The summed E-state index contributed by atoms with van der Waals surface area (Å²) in [4.78, 5) is 23.4. The van der Waals surface area contributed by atoms with Crippen molar-refractivity contribution < 1.29 is 19.8 Å². The normalized spacial score (nSPS) is 12.1. The molecule has 0 aliphatic heterocycles. The Balaban J connectivity index is 2.49. The van der Waals surface area contributed by atoms with Gasteiger partial charge < -0.3 is 15.5 Å². The lowest BCUT2D eigenvalue weighted by molar-refractivity contribution is -0.146. The summed E-state index contributed by atoms with van der Waals surface area (Å²) >= 11 is 1.36. The average Bonchev–Trinajstić information content (AvgIpc) is 2.73. The van der Waals surface area contributed by atoms with Gasteiger partial charge in [-0.05, 0) is 18.6 Å². The van der Waals surface area contributed by atoms with E-state index in [1.165, 1.54) is 11.3 Å². The minimum atomic E-state index is -1.56. The van der Waals surface area contributed by atoms with Crippen LogP contribution in [0.25, 0.3) is 0 Å². The molecule has 0 fully saturated rings. The van der Waals surface area contributed by atoms with E-state index >= 15 is 0 Å². The minimum Gasteiger partial charge on any atom is -0.479 e. The number of carboxylic acids is 1. The largest absolute Gasteiger partial charge is 0.479 e. The Morgan fingerprint density at radius 1 is 1.50 bits per heavy atom. The maximum Gasteiger partial charge on any atom is 0.334 e. The second kappa shape index (κ2) is 5.62.